The summed E-state index contributed by atoms with van der Waals surface area (Å²) >= 11 is 5.00. The smallest absolute Gasteiger partial charge is 0.230 e. The van der Waals surface area contributed by atoms with Gasteiger partial charge in [-0.05, 0) is 12.0 Å². The molecule has 0 saturated heterocycles. The van der Waals surface area contributed by atoms with Crippen LogP contribution in [0.25, 0.3) is 0 Å². The summed E-state index contributed by atoms with van der Waals surface area (Å²) in [5.41, 5.74) is 7.55. The summed E-state index contributed by atoms with van der Waals surface area (Å²) < 4.78 is 0. The van der Waals surface area contributed by atoms with E-state index in [9.17, 15) is 4.79 Å². The SMILES string of the molecule is NC(=S)C(Cc1ccccc1)C(=O)NCc1cnc[nH]1. The van der Waals surface area contributed by atoms with E-state index in [-0.39, 0.29) is 10.9 Å². The molecule has 0 fully saturated rings. The van der Waals surface area contributed by atoms with Gasteiger partial charge in [0.25, 0.3) is 0 Å². The first-order valence-electron chi connectivity index (χ1n) is 6.25. The zero-order valence-corrected chi connectivity index (χ0v) is 11.7. The normalized spacial score (nSPS) is 11.8. The minimum atomic E-state index is -0.504. The molecule has 20 heavy (non-hydrogen) atoms. The number of hydrogen-bond donors (Lipinski definition) is 3. The number of benzene rings is 1. The molecule has 1 unspecified atom stereocenters. The molecule has 1 amide bonds. The van der Waals surface area contributed by atoms with Gasteiger partial charge in [0, 0.05) is 6.20 Å². The summed E-state index contributed by atoms with van der Waals surface area (Å²) in [5.74, 6) is -0.675. The summed E-state index contributed by atoms with van der Waals surface area (Å²) in [6.45, 7) is 0.382. The maximum Gasteiger partial charge on any atom is 0.230 e. The number of aromatic nitrogens is 2. The molecule has 0 radical (unpaired) electrons. The topological polar surface area (TPSA) is 83.8 Å². The van der Waals surface area contributed by atoms with Gasteiger partial charge >= 0.3 is 0 Å². The Morgan fingerprint density at radius 2 is 2.15 bits per heavy atom. The van der Waals surface area contributed by atoms with Gasteiger partial charge in [0.2, 0.25) is 5.91 Å². The van der Waals surface area contributed by atoms with E-state index in [1.807, 2.05) is 30.3 Å². The predicted molar refractivity (Wildman–Crippen MR) is 80.9 cm³/mol. The molecule has 2 aromatic rings. The van der Waals surface area contributed by atoms with Crippen LogP contribution in [0.5, 0.6) is 0 Å². The van der Waals surface area contributed by atoms with Crippen LogP contribution in [-0.2, 0) is 17.8 Å². The molecule has 1 atom stereocenters. The van der Waals surface area contributed by atoms with Crippen LogP contribution in [-0.4, -0.2) is 20.9 Å². The number of nitrogens with one attached hydrogen (secondary N) is 2. The second-order valence-corrected chi connectivity index (χ2v) is 4.91. The van der Waals surface area contributed by atoms with Crippen LogP contribution in [0.3, 0.4) is 0 Å². The molecule has 0 saturated carbocycles. The molecule has 0 spiro atoms. The molecule has 104 valence electrons. The van der Waals surface area contributed by atoms with E-state index in [4.69, 9.17) is 18.0 Å². The lowest BCUT2D eigenvalue weighted by atomic mass is 9.98. The van der Waals surface area contributed by atoms with E-state index in [1.165, 1.54) is 0 Å². The van der Waals surface area contributed by atoms with Crippen LogP contribution in [0.2, 0.25) is 0 Å². The van der Waals surface area contributed by atoms with Crippen LogP contribution in [0.4, 0.5) is 0 Å². The molecule has 1 heterocycles. The highest BCUT2D eigenvalue weighted by Crippen LogP contribution is 2.10. The van der Waals surface area contributed by atoms with Crippen molar-refractivity contribution < 1.29 is 4.79 Å². The van der Waals surface area contributed by atoms with Crippen LogP contribution < -0.4 is 11.1 Å². The molecule has 4 N–H and O–H groups in total. The van der Waals surface area contributed by atoms with Crippen molar-refractivity contribution in [2.75, 3.05) is 0 Å². The Bertz CT molecular complexity index is 568. The first-order chi connectivity index (χ1) is 9.66. The predicted octanol–water partition coefficient (Wildman–Crippen LogP) is 1.17. The fourth-order valence-corrected chi connectivity index (χ4v) is 2.05. The van der Waals surface area contributed by atoms with Gasteiger partial charge in [-0.1, -0.05) is 42.5 Å². The molecular formula is C14H16N4OS. The summed E-state index contributed by atoms with van der Waals surface area (Å²) in [6.07, 6.45) is 3.73. The number of nitrogens with zero attached hydrogens (tertiary/aromatic N) is 1. The first-order valence-corrected chi connectivity index (χ1v) is 6.66. The molecule has 0 bridgehead atoms. The number of nitrogens with two attached hydrogens (primary N) is 1. The monoisotopic (exact) mass is 288 g/mol. The summed E-state index contributed by atoms with van der Waals surface area (Å²) in [5, 5.41) is 2.81. The number of hydrogen-bond acceptors (Lipinski definition) is 3. The third-order valence-corrected chi connectivity index (χ3v) is 3.24. The number of aromatic amines is 1. The molecule has 1 aromatic carbocycles. The molecule has 6 heteroatoms. The Hall–Kier alpha value is -2.21. The van der Waals surface area contributed by atoms with E-state index in [0.717, 1.165) is 11.3 Å². The van der Waals surface area contributed by atoms with Gasteiger partial charge in [0.1, 0.15) is 0 Å². The van der Waals surface area contributed by atoms with Crippen molar-refractivity contribution in [3.05, 3.63) is 54.1 Å². The molecule has 0 aliphatic heterocycles. The Morgan fingerprint density at radius 1 is 1.40 bits per heavy atom. The Labute approximate surface area is 122 Å². The maximum absolute atomic E-state index is 12.2. The standard InChI is InChI=1S/C14H16N4OS/c15-13(20)12(6-10-4-2-1-3-5-10)14(19)17-8-11-7-16-9-18-11/h1-5,7,9,12H,6,8H2,(H2,15,20)(H,16,18)(H,17,19). The fourth-order valence-electron chi connectivity index (χ4n) is 1.86. The average Bonchev–Trinajstić information content (AvgIpc) is 2.96. The maximum atomic E-state index is 12.2. The van der Waals surface area contributed by atoms with Gasteiger partial charge in [-0.3, -0.25) is 4.79 Å². The lowest BCUT2D eigenvalue weighted by Crippen LogP contribution is -2.38. The molecule has 5 nitrogen and oxygen atoms in total. The van der Waals surface area contributed by atoms with E-state index in [1.54, 1.807) is 12.5 Å². The van der Waals surface area contributed by atoms with Crippen molar-refractivity contribution in [3.63, 3.8) is 0 Å². The summed E-state index contributed by atoms with van der Waals surface area (Å²) in [4.78, 5) is 19.2. The van der Waals surface area contributed by atoms with Crippen molar-refractivity contribution in [2.24, 2.45) is 11.7 Å². The highest BCUT2D eigenvalue weighted by molar-refractivity contribution is 7.80. The van der Waals surface area contributed by atoms with Crippen LogP contribution in [0.1, 0.15) is 11.3 Å². The third kappa shape index (κ3) is 3.89. The van der Waals surface area contributed by atoms with Crippen molar-refractivity contribution in [2.45, 2.75) is 13.0 Å². The van der Waals surface area contributed by atoms with Gasteiger partial charge in [0.05, 0.1) is 29.5 Å². The van der Waals surface area contributed by atoms with E-state index < -0.39 is 5.92 Å². The number of H-pyrrole nitrogens is 1. The summed E-state index contributed by atoms with van der Waals surface area (Å²) in [6, 6.07) is 9.68. The average molecular weight is 288 g/mol. The van der Waals surface area contributed by atoms with Crippen LogP contribution in [0, 0.1) is 5.92 Å². The highest BCUT2D eigenvalue weighted by atomic mass is 32.1. The first kappa shape index (κ1) is 14.2. The molecule has 2 rings (SSSR count). The third-order valence-electron chi connectivity index (χ3n) is 2.95. The quantitative estimate of drug-likeness (QED) is 0.697. The largest absolute Gasteiger partial charge is 0.393 e. The zero-order valence-electron chi connectivity index (χ0n) is 10.9. The van der Waals surface area contributed by atoms with Crippen molar-refractivity contribution in [1.29, 1.82) is 0 Å². The molecular weight excluding hydrogens is 272 g/mol. The minimum Gasteiger partial charge on any atom is -0.393 e. The minimum absolute atomic E-state index is 0.170. The van der Waals surface area contributed by atoms with Gasteiger partial charge in [0.15, 0.2) is 0 Å². The number of imidazole rings is 1. The number of thiocarbonyl (C=S) groups is 1. The van der Waals surface area contributed by atoms with Gasteiger partial charge < -0.3 is 16.0 Å². The summed E-state index contributed by atoms with van der Waals surface area (Å²) in [7, 11) is 0. The van der Waals surface area contributed by atoms with Crippen molar-refractivity contribution in [1.82, 2.24) is 15.3 Å². The Balaban J connectivity index is 1.97. The van der Waals surface area contributed by atoms with E-state index in [2.05, 4.69) is 15.3 Å². The van der Waals surface area contributed by atoms with Gasteiger partial charge in [-0.25, -0.2) is 4.98 Å². The van der Waals surface area contributed by atoms with Crippen molar-refractivity contribution >= 4 is 23.1 Å². The molecule has 0 aliphatic carbocycles. The van der Waals surface area contributed by atoms with Crippen molar-refractivity contribution in [3.8, 4) is 0 Å². The molecule has 1 aromatic heterocycles. The van der Waals surface area contributed by atoms with E-state index >= 15 is 0 Å². The Morgan fingerprint density at radius 3 is 2.75 bits per heavy atom. The number of amides is 1. The fraction of sp³-hybridized carbons (Fsp3) is 0.214. The van der Waals surface area contributed by atoms with E-state index in [0.29, 0.717) is 13.0 Å². The Kier molecular flexibility index (Phi) is 4.84. The number of rotatable bonds is 6. The highest BCUT2D eigenvalue weighted by Gasteiger charge is 2.21. The zero-order chi connectivity index (χ0) is 14.4. The van der Waals surface area contributed by atoms with Gasteiger partial charge in [-0.15, -0.1) is 0 Å². The number of carbonyl (C=O) groups excluding carboxylic acids is 1. The van der Waals surface area contributed by atoms with Crippen LogP contribution >= 0.6 is 12.2 Å². The second-order valence-electron chi connectivity index (χ2n) is 4.44. The van der Waals surface area contributed by atoms with Crippen LogP contribution in [0.15, 0.2) is 42.9 Å². The van der Waals surface area contributed by atoms with Gasteiger partial charge in [-0.2, -0.15) is 0 Å². The second kappa shape index (κ2) is 6.81. The molecule has 0 aliphatic rings. The lowest BCUT2D eigenvalue weighted by molar-refractivity contribution is -0.123. The number of carbonyl (C=O) groups is 1. The lowest BCUT2D eigenvalue weighted by Gasteiger charge is -2.15.